The van der Waals surface area contributed by atoms with Gasteiger partial charge in [-0.05, 0) is 45.0 Å². The first-order chi connectivity index (χ1) is 14.6. The number of anilines is 1. The number of methoxy groups -OCH3 is 1. The minimum atomic E-state index is -0.741. The van der Waals surface area contributed by atoms with Crippen LogP contribution < -0.4 is 9.64 Å². The van der Waals surface area contributed by atoms with Gasteiger partial charge in [0.05, 0.1) is 23.9 Å². The molecule has 31 heavy (non-hydrogen) atoms. The fraction of sp³-hybridized carbons (Fsp3) is 0.304. The molecule has 162 valence electrons. The van der Waals surface area contributed by atoms with Crippen LogP contribution in [-0.2, 0) is 14.3 Å². The van der Waals surface area contributed by atoms with E-state index in [9.17, 15) is 19.2 Å². The Balaban J connectivity index is 1.89. The Morgan fingerprint density at radius 1 is 0.935 bits per heavy atom. The second kappa shape index (κ2) is 8.59. The molecule has 8 nitrogen and oxygen atoms in total. The number of amides is 3. The number of fused-ring (bicyclic) bond motifs is 1. The number of ether oxygens (including phenoxy) is 2. The van der Waals surface area contributed by atoms with Gasteiger partial charge in [0.2, 0.25) is 5.91 Å². The first-order valence-corrected chi connectivity index (χ1v) is 9.73. The molecule has 0 saturated carbocycles. The van der Waals surface area contributed by atoms with Gasteiger partial charge in [0, 0.05) is 0 Å². The number of esters is 1. The Hall–Kier alpha value is -3.68. The molecule has 0 aliphatic carbocycles. The van der Waals surface area contributed by atoms with E-state index in [4.69, 9.17) is 9.47 Å². The van der Waals surface area contributed by atoms with Crippen molar-refractivity contribution >= 4 is 29.4 Å². The van der Waals surface area contributed by atoms with E-state index < -0.39 is 42.4 Å². The normalized spacial score (nSPS) is 13.1. The van der Waals surface area contributed by atoms with E-state index in [0.717, 1.165) is 9.80 Å². The van der Waals surface area contributed by atoms with Crippen LogP contribution >= 0.6 is 0 Å². The minimum Gasteiger partial charge on any atom is -0.495 e. The predicted octanol–water partition coefficient (Wildman–Crippen LogP) is 2.67. The lowest BCUT2D eigenvalue weighted by molar-refractivity contribution is -0.153. The molecule has 1 aliphatic heterocycles. The Morgan fingerprint density at radius 2 is 1.48 bits per heavy atom. The number of imide groups is 1. The highest BCUT2D eigenvalue weighted by molar-refractivity contribution is 6.22. The summed E-state index contributed by atoms with van der Waals surface area (Å²) in [6.45, 7) is 4.24. The molecule has 2 aromatic carbocycles. The Morgan fingerprint density at radius 3 is 2.03 bits per heavy atom. The van der Waals surface area contributed by atoms with Crippen LogP contribution in [0.25, 0.3) is 0 Å². The number of nitrogens with zero attached hydrogens (tertiary/aromatic N) is 2. The van der Waals surface area contributed by atoms with Gasteiger partial charge in [-0.3, -0.25) is 29.0 Å². The second-order valence-corrected chi connectivity index (χ2v) is 7.98. The zero-order chi connectivity index (χ0) is 22.8. The monoisotopic (exact) mass is 424 g/mol. The summed E-state index contributed by atoms with van der Waals surface area (Å²) < 4.78 is 10.7. The molecular formula is C23H24N2O6. The van der Waals surface area contributed by atoms with Gasteiger partial charge in [0.15, 0.2) is 0 Å². The van der Waals surface area contributed by atoms with Crippen molar-refractivity contribution < 1.29 is 28.7 Å². The van der Waals surface area contributed by atoms with E-state index in [0.29, 0.717) is 11.4 Å². The zero-order valence-corrected chi connectivity index (χ0v) is 17.9. The number of hydrogen-bond acceptors (Lipinski definition) is 6. The van der Waals surface area contributed by atoms with Crippen molar-refractivity contribution in [3.63, 3.8) is 0 Å². The molecule has 3 rings (SSSR count). The van der Waals surface area contributed by atoms with E-state index >= 15 is 0 Å². The fourth-order valence-electron chi connectivity index (χ4n) is 3.27. The molecule has 0 fully saturated rings. The van der Waals surface area contributed by atoms with Gasteiger partial charge in [-0.1, -0.05) is 24.3 Å². The van der Waals surface area contributed by atoms with Crippen LogP contribution in [-0.4, -0.2) is 54.4 Å². The zero-order valence-electron chi connectivity index (χ0n) is 17.9. The van der Waals surface area contributed by atoms with E-state index in [1.807, 2.05) is 0 Å². The summed E-state index contributed by atoms with van der Waals surface area (Å²) in [4.78, 5) is 53.1. The summed E-state index contributed by atoms with van der Waals surface area (Å²) in [5.41, 5.74) is 0.0831. The average Bonchev–Trinajstić information content (AvgIpc) is 2.96. The van der Waals surface area contributed by atoms with Gasteiger partial charge in [0.25, 0.3) is 11.8 Å². The first kappa shape index (κ1) is 22.0. The molecule has 0 radical (unpaired) electrons. The van der Waals surface area contributed by atoms with Crippen molar-refractivity contribution in [2.45, 2.75) is 26.4 Å². The second-order valence-electron chi connectivity index (χ2n) is 7.98. The highest BCUT2D eigenvalue weighted by atomic mass is 16.6. The summed E-state index contributed by atoms with van der Waals surface area (Å²) in [6, 6.07) is 13.1. The number of hydrogen-bond donors (Lipinski definition) is 0. The molecule has 0 N–H and O–H groups in total. The van der Waals surface area contributed by atoms with Crippen LogP contribution in [0.5, 0.6) is 5.75 Å². The molecule has 8 heteroatoms. The number of para-hydroxylation sites is 2. The maximum atomic E-state index is 13.2. The van der Waals surface area contributed by atoms with Crippen LogP contribution in [0.3, 0.4) is 0 Å². The highest BCUT2D eigenvalue weighted by Crippen LogP contribution is 2.29. The number of benzene rings is 2. The maximum absolute atomic E-state index is 13.2. The van der Waals surface area contributed by atoms with Crippen molar-refractivity contribution in [1.82, 2.24) is 4.90 Å². The van der Waals surface area contributed by atoms with Gasteiger partial charge in [-0.15, -0.1) is 0 Å². The van der Waals surface area contributed by atoms with Crippen LogP contribution in [0, 0.1) is 0 Å². The third kappa shape index (κ3) is 4.74. The van der Waals surface area contributed by atoms with Crippen molar-refractivity contribution in [1.29, 1.82) is 0 Å². The smallest absolute Gasteiger partial charge is 0.326 e. The lowest BCUT2D eigenvalue weighted by atomic mass is 10.1. The van der Waals surface area contributed by atoms with Gasteiger partial charge in [-0.25, -0.2) is 0 Å². The van der Waals surface area contributed by atoms with Crippen LogP contribution in [0.15, 0.2) is 48.5 Å². The molecule has 0 aromatic heterocycles. The summed E-state index contributed by atoms with van der Waals surface area (Å²) in [5.74, 6) is -1.99. The highest BCUT2D eigenvalue weighted by Gasteiger charge is 2.38. The van der Waals surface area contributed by atoms with Crippen molar-refractivity contribution in [2.24, 2.45) is 0 Å². The van der Waals surface area contributed by atoms with Crippen LogP contribution in [0.4, 0.5) is 5.69 Å². The van der Waals surface area contributed by atoms with Gasteiger partial charge in [0.1, 0.15) is 24.4 Å². The van der Waals surface area contributed by atoms with Crippen LogP contribution in [0.1, 0.15) is 41.5 Å². The van der Waals surface area contributed by atoms with Crippen molar-refractivity contribution in [3.05, 3.63) is 59.7 Å². The summed E-state index contributed by atoms with van der Waals surface area (Å²) >= 11 is 0. The minimum absolute atomic E-state index is 0.247. The lowest BCUT2D eigenvalue weighted by Gasteiger charge is -2.27. The Kier molecular flexibility index (Phi) is 6.10. The first-order valence-electron chi connectivity index (χ1n) is 9.73. The van der Waals surface area contributed by atoms with Crippen molar-refractivity contribution in [3.8, 4) is 5.75 Å². The maximum Gasteiger partial charge on any atom is 0.326 e. The fourth-order valence-corrected chi connectivity index (χ4v) is 3.27. The van der Waals surface area contributed by atoms with E-state index in [1.54, 1.807) is 69.3 Å². The topological polar surface area (TPSA) is 93.2 Å². The van der Waals surface area contributed by atoms with Gasteiger partial charge in [-0.2, -0.15) is 0 Å². The SMILES string of the molecule is COc1ccccc1N(CC(=O)OC(C)(C)C)C(=O)CN1C(=O)c2ccccc2C1=O. The summed E-state index contributed by atoms with van der Waals surface area (Å²) in [5, 5.41) is 0. The molecule has 0 saturated heterocycles. The summed E-state index contributed by atoms with van der Waals surface area (Å²) in [7, 11) is 1.44. The molecule has 0 unspecified atom stereocenters. The molecule has 3 amide bonds. The van der Waals surface area contributed by atoms with E-state index in [-0.39, 0.29) is 11.1 Å². The molecule has 2 aromatic rings. The Labute approximate surface area is 180 Å². The molecular weight excluding hydrogens is 400 g/mol. The van der Waals surface area contributed by atoms with Gasteiger partial charge >= 0.3 is 5.97 Å². The molecule has 1 heterocycles. The quantitative estimate of drug-likeness (QED) is 0.523. The van der Waals surface area contributed by atoms with Crippen LogP contribution in [0.2, 0.25) is 0 Å². The van der Waals surface area contributed by atoms with Crippen molar-refractivity contribution in [2.75, 3.05) is 25.1 Å². The standard InChI is InChI=1S/C23H24N2O6/c1-23(2,3)31-20(27)14-24(17-11-7-8-12-18(17)30-4)19(26)13-25-21(28)15-9-5-6-10-16(15)22(25)29/h5-12H,13-14H2,1-4H3. The average molecular weight is 424 g/mol. The molecule has 0 bridgehead atoms. The number of carbonyl (C=O) groups excluding carboxylic acids is 4. The third-order valence-corrected chi connectivity index (χ3v) is 4.56. The number of carbonyl (C=O) groups is 4. The molecule has 0 spiro atoms. The van der Waals surface area contributed by atoms with E-state index in [1.165, 1.54) is 7.11 Å². The van der Waals surface area contributed by atoms with Gasteiger partial charge < -0.3 is 9.47 Å². The van der Waals surface area contributed by atoms with E-state index in [2.05, 4.69) is 0 Å². The molecule has 0 atom stereocenters. The summed E-state index contributed by atoms with van der Waals surface area (Å²) in [6.07, 6.45) is 0. The number of rotatable bonds is 6. The third-order valence-electron chi connectivity index (χ3n) is 4.56. The predicted molar refractivity (Wildman–Crippen MR) is 113 cm³/mol. The largest absolute Gasteiger partial charge is 0.495 e. The molecule has 1 aliphatic rings. The lowest BCUT2D eigenvalue weighted by Crippen LogP contribution is -2.45. The Bertz CT molecular complexity index is 1010.